The van der Waals surface area contributed by atoms with E-state index < -0.39 is 0 Å². The van der Waals surface area contributed by atoms with Crippen molar-refractivity contribution in [1.29, 1.82) is 0 Å². The molecule has 1 aromatic carbocycles. The molecule has 0 aliphatic heterocycles. The summed E-state index contributed by atoms with van der Waals surface area (Å²) in [7, 11) is 1.58. The minimum Gasteiger partial charge on any atom is -0.395 e. The maximum Gasteiger partial charge on any atom is 0.317 e. The van der Waals surface area contributed by atoms with E-state index in [1.165, 1.54) is 4.90 Å². The maximum atomic E-state index is 11.6. The van der Waals surface area contributed by atoms with Crippen LogP contribution in [0.2, 0.25) is 5.02 Å². The Labute approximate surface area is 126 Å². The lowest BCUT2D eigenvalue weighted by molar-refractivity contribution is 0.189. The Morgan fingerprint density at radius 2 is 2.14 bits per heavy atom. The van der Waals surface area contributed by atoms with Crippen LogP contribution in [0.15, 0.2) is 28.8 Å². The molecule has 2 rings (SSSR count). The lowest BCUT2D eigenvalue weighted by Crippen LogP contribution is -2.38. The number of carbonyl (C=O) groups excluding carboxylic acids is 1. The molecule has 0 radical (unpaired) electrons. The van der Waals surface area contributed by atoms with Crippen molar-refractivity contribution < 1.29 is 14.4 Å². The first-order chi connectivity index (χ1) is 10.1. The molecular formula is C13H15ClN4O3. The Kier molecular flexibility index (Phi) is 5.13. The lowest BCUT2D eigenvalue weighted by Gasteiger charge is -2.15. The molecule has 1 heterocycles. The topological polar surface area (TPSA) is 91.5 Å². The van der Waals surface area contributed by atoms with Crippen LogP contribution in [0.3, 0.4) is 0 Å². The average molecular weight is 311 g/mol. The summed E-state index contributed by atoms with van der Waals surface area (Å²) in [6.45, 7) is 0.284. The molecular weight excluding hydrogens is 296 g/mol. The SMILES string of the molecule is CN(CCO)C(=O)NCc1nc(-c2ccc(Cl)cc2)no1. The average Bonchev–Trinajstić information content (AvgIpc) is 2.94. The highest BCUT2D eigenvalue weighted by atomic mass is 35.5. The predicted molar refractivity (Wildman–Crippen MR) is 76.7 cm³/mol. The van der Waals surface area contributed by atoms with Gasteiger partial charge >= 0.3 is 6.03 Å². The molecule has 0 unspecified atom stereocenters. The fraction of sp³-hybridized carbons (Fsp3) is 0.308. The largest absolute Gasteiger partial charge is 0.395 e. The third-order valence-electron chi connectivity index (χ3n) is 2.74. The van der Waals surface area contributed by atoms with Crippen molar-refractivity contribution in [2.24, 2.45) is 0 Å². The number of carbonyl (C=O) groups is 1. The monoisotopic (exact) mass is 310 g/mol. The summed E-state index contributed by atoms with van der Waals surface area (Å²) >= 11 is 5.81. The maximum absolute atomic E-state index is 11.6. The molecule has 0 bridgehead atoms. The van der Waals surface area contributed by atoms with Gasteiger partial charge in [-0.05, 0) is 24.3 Å². The van der Waals surface area contributed by atoms with E-state index in [0.29, 0.717) is 16.7 Å². The number of benzene rings is 1. The Morgan fingerprint density at radius 3 is 2.81 bits per heavy atom. The molecule has 2 N–H and O–H groups in total. The summed E-state index contributed by atoms with van der Waals surface area (Å²) < 4.78 is 5.06. The standard InChI is InChI=1S/C13H15ClN4O3/c1-18(6-7-19)13(20)15-8-11-16-12(17-21-11)9-2-4-10(14)5-3-9/h2-5,19H,6-8H2,1H3,(H,15,20). The van der Waals surface area contributed by atoms with Crippen LogP contribution in [0, 0.1) is 0 Å². The van der Waals surface area contributed by atoms with Crippen LogP contribution in [0.25, 0.3) is 11.4 Å². The number of urea groups is 1. The van der Waals surface area contributed by atoms with E-state index in [2.05, 4.69) is 15.5 Å². The number of aliphatic hydroxyl groups is 1. The molecule has 1 aromatic heterocycles. The highest BCUT2D eigenvalue weighted by Gasteiger charge is 2.11. The summed E-state index contributed by atoms with van der Waals surface area (Å²) in [4.78, 5) is 17.2. The van der Waals surface area contributed by atoms with E-state index in [1.54, 1.807) is 31.3 Å². The quantitative estimate of drug-likeness (QED) is 0.873. The number of aromatic nitrogens is 2. The van der Waals surface area contributed by atoms with Crippen molar-refractivity contribution in [2.75, 3.05) is 20.2 Å². The van der Waals surface area contributed by atoms with Crippen molar-refractivity contribution in [3.63, 3.8) is 0 Å². The van der Waals surface area contributed by atoms with Gasteiger partial charge < -0.3 is 19.8 Å². The number of nitrogens with zero attached hydrogens (tertiary/aromatic N) is 3. The Hall–Kier alpha value is -2.12. The highest BCUT2D eigenvalue weighted by molar-refractivity contribution is 6.30. The molecule has 21 heavy (non-hydrogen) atoms. The highest BCUT2D eigenvalue weighted by Crippen LogP contribution is 2.18. The first-order valence-electron chi connectivity index (χ1n) is 6.28. The molecule has 0 spiro atoms. The van der Waals surface area contributed by atoms with Crippen LogP contribution in [-0.4, -0.2) is 46.4 Å². The van der Waals surface area contributed by atoms with Crippen molar-refractivity contribution >= 4 is 17.6 Å². The minimum absolute atomic E-state index is 0.0921. The van der Waals surface area contributed by atoms with Gasteiger partial charge in [-0.3, -0.25) is 0 Å². The summed E-state index contributed by atoms with van der Waals surface area (Å²) in [6.07, 6.45) is 0. The Bertz CT molecular complexity index is 600. The molecule has 2 aromatic rings. The molecule has 2 amide bonds. The number of amides is 2. The van der Waals surface area contributed by atoms with E-state index >= 15 is 0 Å². The molecule has 0 aliphatic rings. The molecule has 0 saturated carbocycles. The molecule has 0 saturated heterocycles. The van der Waals surface area contributed by atoms with Crippen molar-refractivity contribution in [1.82, 2.24) is 20.4 Å². The number of nitrogens with one attached hydrogen (secondary N) is 1. The second-order valence-corrected chi connectivity index (χ2v) is 4.76. The number of likely N-dealkylation sites (N-methyl/N-ethyl adjacent to an activating group) is 1. The van der Waals surface area contributed by atoms with Gasteiger partial charge in [0.1, 0.15) is 0 Å². The van der Waals surface area contributed by atoms with Crippen molar-refractivity contribution in [3.8, 4) is 11.4 Å². The van der Waals surface area contributed by atoms with E-state index in [1.807, 2.05) is 0 Å². The zero-order chi connectivity index (χ0) is 15.2. The van der Waals surface area contributed by atoms with Crippen LogP contribution in [0.4, 0.5) is 4.79 Å². The Balaban J connectivity index is 1.94. The third-order valence-corrected chi connectivity index (χ3v) is 3.00. The Morgan fingerprint density at radius 1 is 1.43 bits per heavy atom. The molecule has 8 heteroatoms. The van der Waals surface area contributed by atoms with Crippen LogP contribution in [-0.2, 0) is 6.54 Å². The normalized spacial score (nSPS) is 10.4. The number of rotatable bonds is 5. The number of aliphatic hydroxyl groups excluding tert-OH is 1. The van der Waals surface area contributed by atoms with Crippen LogP contribution in [0.5, 0.6) is 0 Å². The fourth-order valence-electron chi connectivity index (χ4n) is 1.58. The number of hydrogen-bond donors (Lipinski definition) is 2. The van der Waals surface area contributed by atoms with Gasteiger partial charge in [0.2, 0.25) is 11.7 Å². The van der Waals surface area contributed by atoms with Gasteiger partial charge in [-0.2, -0.15) is 4.98 Å². The van der Waals surface area contributed by atoms with E-state index in [9.17, 15) is 4.79 Å². The molecule has 0 atom stereocenters. The van der Waals surface area contributed by atoms with Gasteiger partial charge in [-0.25, -0.2) is 4.79 Å². The summed E-state index contributed by atoms with van der Waals surface area (Å²) in [5, 5.41) is 15.8. The third kappa shape index (κ3) is 4.17. The minimum atomic E-state index is -0.324. The van der Waals surface area contributed by atoms with Gasteiger partial charge in [-0.1, -0.05) is 16.8 Å². The van der Waals surface area contributed by atoms with Gasteiger partial charge in [0.15, 0.2) is 0 Å². The van der Waals surface area contributed by atoms with E-state index in [4.69, 9.17) is 21.2 Å². The molecule has 7 nitrogen and oxygen atoms in total. The van der Waals surface area contributed by atoms with Crippen molar-refractivity contribution in [3.05, 3.63) is 35.2 Å². The zero-order valence-corrected chi connectivity index (χ0v) is 12.2. The van der Waals surface area contributed by atoms with Crippen molar-refractivity contribution in [2.45, 2.75) is 6.54 Å². The molecule has 0 fully saturated rings. The van der Waals surface area contributed by atoms with Gasteiger partial charge in [-0.15, -0.1) is 0 Å². The van der Waals surface area contributed by atoms with Crippen LogP contribution < -0.4 is 5.32 Å². The first kappa shape index (κ1) is 15.3. The first-order valence-corrected chi connectivity index (χ1v) is 6.66. The number of hydrogen-bond acceptors (Lipinski definition) is 5. The summed E-state index contributed by atoms with van der Waals surface area (Å²) in [5.41, 5.74) is 0.776. The second-order valence-electron chi connectivity index (χ2n) is 4.32. The summed E-state index contributed by atoms with van der Waals surface area (Å²) in [5.74, 6) is 0.727. The van der Waals surface area contributed by atoms with Crippen LogP contribution >= 0.6 is 11.6 Å². The smallest absolute Gasteiger partial charge is 0.317 e. The zero-order valence-electron chi connectivity index (χ0n) is 11.4. The fourth-order valence-corrected chi connectivity index (χ4v) is 1.71. The van der Waals surface area contributed by atoms with Crippen LogP contribution in [0.1, 0.15) is 5.89 Å². The second kappa shape index (κ2) is 7.05. The number of halogens is 1. The molecule has 112 valence electrons. The molecule has 0 aliphatic carbocycles. The van der Waals surface area contributed by atoms with E-state index in [0.717, 1.165) is 5.56 Å². The van der Waals surface area contributed by atoms with Gasteiger partial charge in [0.25, 0.3) is 0 Å². The lowest BCUT2D eigenvalue weighted by atomic mass is 10.2. The van der Waals surface area contributed by atoms with E-state index in [-0.39, 0.29) is 25.7 Å². The summed E-state index contributed by atoms with van der Waals surface area (Å²) in [6, 6.07) is 6.71. The van der Waals surface area contributed by atoms with Gasteiger partial charge in [0, 0.05) is 24.2 Å². The van der Waals surface area contributed by atoms with Gasteiger partial charge in [0.05, 0.1) is 13.2 Å². The predicted octanol–water partition coefficient (Wildman–Crippen LogP) is 1.52.